The average Bonchev–Trinajstić information content (AvgIpc) is 2.80. The third-order valence-electron chi connectivity index (χ3n) is 5.21. The minimum atomic E-state index is -0.574. The Morgan fingerprint density at radius 2 is 1.81 bits per heavy atom. The monoisotopic (exact) mass is 454 g/mol. The number of carbonyl (C=O) groups is 3. The molecule has 1 aliphatic heterocycles. The Hall–Kier alpha value is -3.12. The molecule has 2 amide bonds. The maximum Gasteiger partial charge on any atom is 0.306 e. The highest BCUT2D eigenvalue weighted by Crippen LogP contribution is 2.19. The number of allylic oxidation sites excluding steroid dienone is 2. The average molecular weight is 455 g/mol. The number of ether oxygens (including phenoxy) is 1. The summed E-state index contributed by atoms with van der Waals surface area (Å²) in [5, 5.41) is 6.35. The predicted molar refractivity (Wildman–Crippen MR) is 123 cm³/mol. The van der Waals surface area contributed by atoms with Crippen molar-refractivity contribution >= 4 is 29.4 Å². The van der Waals surface area contributed by atoms with Crippen LogP contribution >= 0.6 is 11.6 Å². The van der Waals surface area contributed by atoms with Crippen molar-refractivity contribution in [2.24, 2.45) is 5.92 Å². The molecular formula is C25H27ClN2O4. The first-order valence-corrected chi connectivity index (χ1v) is 11.1. The van der Waals surface area contributed by atoms with Crippen molar-refractivity contribution in [2.75, 3.05) is 6.54 Å². The van der Waals surface area contributed by atoms with Crippen LogP contribution in [-0.2, 0) is 25.7 Å². The minimum Gasteiger partial charge on any atom is -0.456 e. The topological polar surface area (TPSA) is 84.5 Å². The van der Waals surface area contributed by atoms with Gasteiger partial charge < -0.3 is 15.4 Å². The molecule has 0 spiro atoms. The molecule has 0 radical (unpaired) electrons. The Balaban J connectivity index is 1.62. The number of hydrogen-bond donors (Lipinski definition) is 2. The molecule has 3 rings (SSSR count). The van der Waals surface area contributed by atoms with Gasteiger partial charge in [-0.25, -0.2) is 0 Å². The number of rotatable bonds is 5. The van der Waals surface area contributed by atoms with Crippen molar-refractivity contribution in [1.82, 2.24) is 10.6 Å². The van der Waals surface area contributed by atoms with E-state index in [1.165, 1.54) is 0 Å². The van der Waals surface area contributed by atoms with E-state index in [1.54, 1.807) is 12.1 Å². The summed E-state index contributed by atoms with van der Waals surface area (Å²) in [5.74, 6) is -1.26. The molecule has 0 bridgehead atoms. The number of nitrogens with one attached hydrogen (secondary N) is 2. The Morgan fingerprint density at radius 3 is 2.56 bits per heavy atom. The van der Waals surface area contributed by atoms with E-state index in [0.29, 0.717) is 24.4 Å². The van der Waals surface area contributed by atoms with Gasteiger partial charge in [0.15, 0.2) is 0 Å². The van der Waals surface area contributed by atoms with E-state index in [1.807, 2.05) is 54.6 Å². The van der Waals surface area contributed by atoms with Gasteiger partial charge in [-0.05, 0) is 36.1 Å². The molecule has 2 aromatic rings. The van der Waals surface area contributed by atoms with Crippen molar-refractivity contribution in [3.63, 3.8) is 0 Å². The molecule has 2 N–H and O–H groups in total. The Labute approximate surface area is 193 Å². The van der Waals surface area contributed by atoms with Crippen LogP contribution in [0.3, 0.4) is 0 Å². The predicted octanol–water partition coefficient (Wildman–Crippen LogP) is 4.10. The number of cyclic esters (lactones) is 1. The molecule has 32 heavy (non-hydrogen) atoms. The molecule has 0 saturated heterocycles. The quantitative estimate of drug-likeness (QED) is 0.526. The van der Waals surface area contributed by atoms with Crippen LogP contribution in [0.25, 0.3) is 0 Å². The molecule has 2 aromatic carbocycles. The lowest BCUT2D eigenvalue weighted by molar-refractivity contribution is -0.150. The standard InChI is InChI=1S/C25H27ClN2O4/c26-21-13-11-18(12-14-21)16-27-23(29)15-20-9-5-2-6-10-24(30)32-22(17-28-25(20)31)19-7-3-1-4-8-19/h1-5,7-8,11-14,20,22H,6,9-10,15-17H2,(H,27,29)(H,28,31)/b5-2+/t20-,22-/m1/s1. The second-order valence-corrected chi connectivity index (χ2v) is 8.12. The summed E-state index contributed by atoms with van der Waals surface area (Å²) in [6, 6.07) is 16.5. The van der Waals surface area contributed by atoms with Crippen LogP contribution in [0.4, 0.5) is 0 Å². The first-order valence-electron chi connectivity index (χ1n) is 10.7. The molecule has 168 valence electrons. The van der Waals surface area contributed by atoms with E-state index < -0.39 is 12.0 Å². The zero-order valence-electron chi connectivity index (χ0n) is 17.8. The smallest absolute Gasteiger partial charge is 0.306 e. The summed E-state index contributed by atoms with van der Waals surface area (Å²) in [7, 11) is 0. The van der Waals surface area contributed by atoms with Gasteiger partial charge in [-0.15, -0.1) is 0 Å². The molecule has 2 atom stereocenters. The summed E-state index contributed by atoms with van der Waals surface area (Å²) in [6.45, 7) is 0.521. The van der Waals surface area contributed by atoms with Gasteiger partial charge in [0.2, 0.25) is 11.8 Å². The first kappa shape index (κ1) is 23.5. The highest BCUT2D eigenvalue weighted by atomic mass is 35.5. The first-order chi connectivity index (χ1) is 15.5. The molecule has 0 saturated carbocycles. The normalized spacial score (nSPS) is 20.8. The van der Waals surface area contributed by atoms with Crippen molar-refractivity contribution in [3.05, 3.63) is 82.9 Å². The summed E-state index contributed by atoms with van der Waals surface area (Å²) >= 11 is 5.89. The van der Waals surface area contributed by atoms with E-state index >= 15 is 0 Å². The fraction of sp³-hybridized carbons (Fsp3) is 0.320. The summed E-state index contributed by atoms with van der Waals surface area (Å²) < 4.78 is 5.59. The van der Waals surface area contributed by atoms with E-state index in [4.69, 9.17) is 16.3 Å². The number of carbonyl (C=O) groups excluding carboxylic acids is 3. The summed E-state index contributed by atoms with van der Waals surface area (Å²) in [5.41, 5.74) is 1.74. The molecule has 0 aliphatic carbocycles. The minimum absolute atomic E-state index is 0.0690. The lowest BCUT2D eigenvalue weighted by Gasteiger charge is -2.21. The van der Waals surface area contributed by atoms with Gasteiger partial charge in [-0.1, -0.05) is 66.2 Å². The van der Waals surface area contributed by atoms with Crippen LogP contribution in [0.1, 0.15) is 42.9 Å². The molecule has 0 fully saturated rings. The number of halogens is 1. The number of hydrogen-bond acceptors (Lipinski definition) is 4. The molecule has 1 aliphatic rings. The van der Waals surface area contributed by atoms with Crippen LogP contribution in [0.15, 0.2) is 66.7 Å². The molecule has 0 unspecified atom stereocenters. The number of amides is 2. The molecule has 6 nitrogen and oxygen atoms in total. The zero-order chi connectivity index (χ0) is 22.8. The molecule has 1 heterocycles. The Bertz CT molecular complexity index is 944. The largest absolute Gasteiger partial charge is 0.456 e. The van der Waals surface area contributed by atoms with Gasteiger partial charge in [0, 0.05) is 24.4 Å². The summed E-state index contributed by atoms with van der Waals surface area (Å²) in [6.07, 6.45) is 4.41. The van der Waals surface area contributed by atoms with Gasteiger partial charge in [-0.3, -0.25) is 14.4 Å². The zero-order valence-corrected chi connectivity index (χ0v) is 18.5. The van der Waals surface area contributed by atoms with Crippen molar-refractivity contribution in [2.45, 2.75) is 38.3 Å². The maximum absolute atomic E-state index is 12.9. The second-order valence-electron chi connectivity index (χ2n) is 7.68. The molecular weight excluding hydrogens is 428 g/mol. The fourth-order valence-electron chi connectivity index (χ4n) is 3.41. The van der Waals surface area contributed by atoms with Gasteiger partial charge >= 0.3 is 5.97 Å². The highest BCUT2D eigenvalue weighted by Gasteiger charge is 2.24. The van der Waals surface area contributed by atoms with Gasteiger partial charge in [-0.2, -0.15) is 0 Å². The molecule has 0 aromatic heterocycles. The third kappa shape index (κ3) is 7.54. The van der Waals surface area contributed by atoms with Crippen molar-refractivity contribution < 1.29 is 19.1 Å². The fourth-order valence-corrected chi connectivity index (χ4v) is 3.54. The van der Waals surface area contributed by atoms with Crippen molar-refractivity contribution in [3.8, 4) is 0 Å². The third-order valence-corrected chi connectivity index (χ3v) is 5.47. The number of esters is 1. The van der Waals surface area contributed by atoms with Gasteiger partial charge in [0.25, 0.3) is 0 Å². The lowest BCUT2D eigenvalue weighted by atomic mass is 9.98. The lowest BCUT2D eigenvalue weighted by Crippen LogP contribution is -2.37. The van der Waals surface area contributed by atoms with Gasteiger partial charge in [0.05, 0.1) is 12.5 Å². The van der Waals surface area contributed by atoms with Crippen molar-refractivity contribution in [1.29, 1.82) is 0 Å². The second kappa shape index (κ2) is 12.1. The SMILES string of the molecule is O=C(C[C@H]1C/C=C/CCC(=O)O[C@@H](c2ccccc2)CNC1=O)NCc1ccc(Cl)cc1. The van der Waals surface area contributed by atoms with Gasteiger partial charge in [0.1, 0.15) is 6.10 Å². The van der Waals surface area contributed by atoms with Crippen LogP contribution in [0, 0.1) is 5.92 Å². The molecule has 7 heteroatoms. The highest BCUT2D eigenvalue weighted by molar-refractivity contribution is 6.30. The van der Waals surface area contributed by atoms with Crippen LogP contribution in [-0.4, -0.2) is 24.3 Å². The van der Waals surface area contributed by atoms with Crippen LogP contribution in [0.2, 0.25) is 5.02 Å². The van der Waals surface area contributed by atoms with Crippen LogP contribution < -0.4 is 10.6 Å². The van der Waals surface area contributed by atoms with E-state index in [2.05, 4.69) is 10.6 Å². The summed E-state index contributed by atoms with van der Waals surface area (Å²) in [4.78, 5) is 37.5. The Morgan fingerprint density at radius 1 is 1.06 bits per heavy atom. The van der Waals surface area contributed by atoms with E-state index in [9.17, 15) is 14.4 Å². The maximum atomic E-state index is 12.9. The Kier molecular flexibility index (Phi) is 8.87. The van der Waals surface area contributed by atoms with Crippen LogP contribution in [0.5, 0.6) is 0 Å². The van der Waals surface area contributed by atoms with E-state index in [-0.39, 0.29) is 37.2 Å². The van der Waals surface area contributed by atoms with E-state index in [0.717, 1.165) is 11.1 Å². The number of benzene rings is 2.